The van der Waals surface area contributed by atoms with Crippen molar-refractivity contribution in [3.8, 4) is 11.8 Å². The first-order valence-electron chi connectivity index (χ1n) is 5.97. The summed E-state index contributed by atoms with van der Waals surface area (Å²) in [6.07, 6.45) is -5.01. The minimum atomic E-state index is -5.01. The number of halogens is 4. The van der Waals surface area contributed by atoms with Crippen LogP contribution in [0.25, 0.3) is 5.69 Å². The summed E-state index contributed by atoms with van der Waals surface area (Å²) in [7, 11) is 0. The number of hydrogen-bond donors (Lipinski definition) is 2. The Bertz CT molecular complexity index is 967. The number of aromatic amines is 1. The fourth-order valence-electron chi connectivity index (χ4n) is 1.88. The molecular weight excluding hydrogens is 338 g/mol. The second-order valence-electron chi connectivity index (χ2n) is 4.43. The zero-order valence-corrected chi connectivity index (χ0v) is 11.3. The van der Waals surface area contributed by atoms with Crippen molar-refractivity contribution in [3.05, 3.63) is 61.7 Å². The van der Waals surface area contributed by atoms with Crippen LogP contribution in [-0.2, 0) is 6.18 Å². The van der Waals surface area contributed by atoms with E-state index in [1.807, 2.05) is 0 Å². The third-order valence-electron chi connectivity index (χ3n) is 2.92. The lowest BCUT2D eigenvalue weighted by atomic mass is 10.1. The van der Waals surface area contributed by atoms with Gasteiger partial charge < -0.3 is 10.1 Å². The molecule has 24 heavy (non-hydrogen) atoms. The Morgan fingerprint density at radius 2 is 1.88 bits per heavy atom. The molecule has 0 unspecified atom stereocenters. The minimum Gasteiger partial charge on any atom is -0.478 e. The molecular formula is C13H5F4N3O4. The lowest BCUT2D eigenvalue weighted by Gasteiger charge is -2.10. The molecule has 11 heteroatoms. The average molecular weight is 343 g/mol. The topological polar surface area (TPSA) is 116 Å². The van der Waals surface area contributed by atoms with Gasteiger partial charge in [-0.25, -0.2) is 18.5 Å². The van der Waals surface area contributed by atoms with Crippen molar-refractivity contribution >= 4 is 5.97 Å². The first-order chi connectivity index (χ1) is 11.1. The maximum Gasteiger partial charge on any atom is 0.431 e. The number of carboxylic acid groups (broad SMARTS) is 1. The van der Waals surface area contributed by atoms with Gasteiger partial charge in [0.15, 0.2) is 0 Å². The summed E-state index contributed by atoms with van der Waals surface area (Å²) in [5.74, 6) is -2.98. The van der Waals surface area contributed by atoms with Gasteiger partial charge in [-0.2, -0.15) is 18.4 Å². The number of carboxylic acids is 1. The molecule has 0 saturated carbocycles. The van der Waals surface area contributed by atoms with Crippen LogP contribution in [0.15, 0.2) is 27.8 Å². The molecule has 0 spiro atoms. The number of rotatable bonds is 2. The van der Waals surface area contributed by atoms with E-state index in [0.717, 1.165) is 0 Å². The highest BCUT2D eigenvalue weighted by Crippen LogP contribution is 2.25. The number of aromatic carboxylic acids is 1. The van der Waals surface area contributed by atoms with Gasteiger partial charge in [0.05, 0.1) is 16.8 Å². The SMILES string of the molecule is N#Cc1cc(F)c(-n2c(=O)cc(C(F)(F)F)[nH]c2=O)cc1C(=O)O. The molecule has 0 bridgehead atoms. The predicted molar refractivity (Wildman–Crippen MR) is 69.3 cm³/mol. The van der Waals surface area contributed by atoms with Crippen molar-refractivity contribution in [2.75, 3.05) is 0 Å². The molecule has 0 atom stereocenters. The van der Waals surface area contributed by atoms with Crippen molar-refractivity contribution in [3.63, 3.8) is 0 Å². The number of alkyl halides is 3. The smallest absolute Gasteiger partial charge is 0.431 e. The zero-order chi connectivity index (χ0) is 18.2. The Hall–Kier alpha value is -3.42. The van der Waals surface area contributed by atoms with E-state index in [1.165, 1.54) is 11.1 Å². The number of aromatic nitrogens is 2. The van der Waals surface area contributed by atoms with E-state index in [2.05, 4.69) is 0 Å². The van der Waals surface area contributed by atoms with Crippen molar-refractivity contribution in [1.29, 1.82) is 5.26 Å². The minimum absolute atomic E-state index is 0.00182. The molecule has 0 aliphatic heterocycles. The fraction of sp³-hybridized carbons (Fsp3) is 0.0769. The van der Waals surface area contributed by atoms with Gasteiger partial charge in [-0.1, -0.05) is 0 Å². The van der Waals surface area contributed by atoms with Gasteiger partial charge in [0.25, 0.3) is 5.56 Å². The average Bonchev–Trinajstić information content (AvgIpc) is 2.46. The van der Waals surface area contributed by atoms with Crippen LogP contribution in [-0.4, -0.2) is 20.6 Å². The molecule has 0 radical (unpaired) electrons. The van der Waals surface area contributed by atoms with Crippen molar-refractivity contribution in [2.24, 2.45) is 0 Å². The van der Waals surface area contributed by atoms with Gasteiger partial charge in [-0.3, -0.25) is 4.79 Å². The van der Waals surface area contributed by atoms with Gasteiger partial charge in [0.2, 0.25) is 0 Å². The first-order valence-corrected chi connectivity index (χ1v) is 5.97. The van der Waals surface area contributed by atoms with Gasteiger partial charge in [0, 0.05) is 6.07 Å². The molecule has 0 fully saturated rings. The number of nitrogens with one attached hydrogen (secondary N) is 1. The molecule has 1 aromatic heterocycles. The second-order valence-corrected chi connectivity index (χ2v) is 4.43. The summed E-state index contributed by atoms with van der Waals surface area (Å²) in [6, 6.07) is 2.41. The molecule has 0 aliphatic carbocycles. The van der Waals surface area contributed by atoms with Gasteiger partial charge in [-0.05, 0) is 12.1 Å². The molecule has 0 aliphatic rings. The standard InChI is InChI=1S/C13H5F4N3O4/c14-7-1-5(4-18)6(11(22)23)2-8(7)20-10(21)3-9(13(15,16)17)19-12(20)24/h1-3H,(H,19,24)(H,22,23). The lowest BCUT2D eigenvalue weighted by Crippen LogP contribution is -2.36. The first kappa shape index (κ1) is 16.9. The Balaban J connectivity index is 2.82. The second kappa shape index (κ2) is 5.65. The van der Waals surface area contributed by atoms with E-state index in [0.29, 0.717) is 12.1 Å². The van der Waals surface area contributed by atoms with Crippen molar-refractivity contribution < 1.29 is 27.5 Å². The highest BCUT2D eigenvalue weighted by Gasteiger charge is 2.33. The molecule has 0 amide bonds. The maximum atomic E-state index is 14.0. The third kappa shape index (κ3) is 2.89. The summed E-state index contributed by atoms with van der Waals surface area (Å²) >= 11 is 0. The van der Waals surface area contributed by atoms with Crippen LogP contribution < -0.4 is 11.2 Å². The zero-order valence-electron chi connectivity index (χ0n) is 11.3. The van der Waals surface area contributed by atoms with E-state index in [9.17, 15) is 31.9 Å². The summed E-state index contributed by atoms with van der Waals surface area (Å²) in [5.41, 5.74) is -6.98. The maximum absolute atomic E-state index is 14.0. The molecule has 124 valence electrons. The van der Waals surface area contributed by atoms with Crippen LogP contribution in [0.4, 0.5) is 17.6 Å². The van der Waals surface area contributed by atoms with Crippen molar-refractivity contribution in [2.45, 2.75) is 6.18 Å². The normalized spacial score (nSPS) is 11.1. The summed E-state index contributed by atoms with van der Waals surface area (Å²) < 4.78 is 51.6. The monoisotopic (exact) mass is 343 g/mol. The molecule has 1 aromatic carbocycles. The molecule has 1 heterocycles. The number of nitrogens with zero attached hydrogens (tertiary/aromatic N) is 2. The molecule has 0 saturated heterocycles. The summed E-state index contributed by atoms with van der Waals surface area (Å²) in [6.45, 7) is 0. The number of hydrogen-bond acceptors (Lipinski definition) is 4. The quantitative estimate of drug-likeness (QED) is 0.796. The van der Waals surface area contributed by atoms with Crippen LogP contribution in [0.5, 0.6) is 0 Å². The van der Waals surface area contributed by atoms with E-state index in [-0.39, 0.29) is 10.6 Å². The molecule has 2 aromatic rings. The molecule has 2 rings (SSSR count). The fourth-order valence-corrected chi connectivity index (χ4v) is 1.88. The Morgan fingerprint density at radius 1 is 1.25 bits per heavy atom. The predicted octanol–water partition coefficient (Wildman–Crippen LogP) is 1.25. The van der Waals surface area contributed by atoms with E-state index in [4.69, 9.17) is 10.4 Å². The number of nitriles is 1. The largest absolute Gasteiger partial charge is 0.478 e. The number of benzene rings is 1. The van der Waals surface area contributed by atoms with Gasteiger partial charge >= 0.3 is 17.8 Å². The molecule has 2 N–H and O–H groups in total. The van der Waals surface area contributed by atoms with Gasteiger partial charge in [-0.15, -0.1) is 0 Å². The summed E-state index contributed by atoms with van der Waals surface area (Å²) in [5, 5.41) is 17.7. The number of H-pyrrole nitrogens is 1. The van der Waals surface area contributed by atoms with Crippen LogP contribution >= 0.6 is 0 Å². The lowest BCUT2D eigenvalue weighted by molar-refractivity contribution is -0.141. The third-order valence-corrected chi connectivity index (χ3v) is 2.92. The van der Waals surface area contributed by atoms with Crippen molar-refractivity contribution in [1.82, 2.24) is 9.55 Å². The van der Waals surface area contributed by atoms with E-state index in [1.54, 1.807) is 0 Å². The highest BCUT2D eigenvalue weighted by atomic mass is 19.4. The van der Waals surface area contributed by atoms with Crippen LogP contribution in [0.1, 0.15) is 21.6 Å². The van der Waals surface area contributed by atoms with Crippen LogP contribution in [0, 0.1) is 17.1 Å². The summed E-state index contributed by atoms with van der Waals surface area (Å²) in [4.78, 5) is 35.9. The molecule has 7 nitrogen and oxygen atoms in total. The Labute approximate surface area is 129 Å². The Morgan fingerprint density at radius 3 is 2.33 bits per heavy atom. The van der Waals surface area contributed by atoms with E-state index >= 15 is 0 Å². The Kier molecular flexibility index (Phi) is 3.99. The van der Waals surface area contributed by atoms with E-state index < -0.39 is 51.7 Å². The van der Waals surface area contributed by atoms with Gasteiger partial charge in [0.1, 0.15) is 17.6 Å². The number of carbonyl (C=O) groups is 1. The van der Waals surface area contributed by atoms with Crippen LogP contribution in [0.2, 0.25) is 0 Å². The highest BCUT2D eigenvalue weighted by molar-refractivity contribution is 5.91. The van der Waals surface area contributed by atoms with Crippen LogP contribution in [0.3, 0.4) is 0 Å².